The summed E-state index contributed by atoms with van der Waals surface area (Å²) in [4.78, 5) is 24.1. The van der Waals surface area contributed by atoms with Crippen LogP contribution in [0, 0.1) is 17.6 Å². The molecule has 0 saturated carbocycles. The highest BCUT2D eigenvalue weighted by Gasteiger charge is 2.32. The van der Waals surface area contributed by atoms with Crippen LogP contribution >= 0.6 is 11.6 Å². The molecule has 1 heterocycles. The van der Waals surface area contributed by atoms with Gasteiger partial charge in [0.2, 0.25) is 5.91 Å². The summed E-state index contributed by atoms with van der Waals surface area (Å²) in [6.07, 6.45) is 0.0198. The maximum absolute atomic E-state index is 14.3. The van der Waals surface area contributed by atoms with Gasteiger partial charge in [-0.1, -0.05) is 11.6 Å². The molecule has 0 bridgehead atoms. The van der Waals surface area contributed by atoms with Crippen LogP contribution in [0.3, 0.4) is 0 Å². The molecule has 9 heteroatoms. The monoisotopic (exact) mass is 423 g/mol. The van der Waals surface area contributed by atoms with Crippen LogP contribution in [0.25, 0.3) is 0 Å². The molecule has 3 N–H and O–H groups in total. The van der Waals surface area contributed by atoms with E-state index in [2.05, 4.69) is 16.0 Å². The Hall–Kier alpha value is -2.87. The summed E-state index contributed by atoms with van der Waals surface area (Å²) in [6, 6.07) is 7.63. The summed E-state index contributed by atoms with van der Waals surface area (Å²) >= 11 is 5.82. The molecule has 1 aliphatic heterocycles. The van der Waals surface area contributed by atoms with Crippen LogP contribution in [0.4, 0.5) is 19.3 Å². The van der Waals surface area contributed by atoms with E-state index in [9.17, 15) is 18.4 Å². The number of methoxy groups -OCH3 is 1. The summed E-state index contributed by atoms with van der Waals surface area (Å²) in [7, 11) is 1.32. The minimum Gasteiger partial charge on any atom is -0.497 e. The zero-order valence-corrected chi connectivity index (χ0v) is 16.4. The molecule has 0 aromatic heterocycles. The van der Waals surface area contributed by atoms with Gasteiger partial charge in [0.25, 0.3) is 0 Å². The molecule has 2 unspecified atom stereocenters. The molecule has 1 fully saturated rings. The van der Waals surface area contributed by atoms with E-state index in [1.165, 1.54) is 7.11 Å². The van der Waals surface area contributed by atoms with Crippen molar-refractivity contribution in [2.24, 2.45) is 5.92 Å². The molecule has 2 atom stereocenters. The van der Waals surface area contributed by atoms with Crippen LogP contribution in [0.15, 0.2) is 36.4 Å². The Morgan fingerprint density at radius 1 is 1.24 bits per heavy atom. The molecule has 1 aliphatic rings. The molecular formula is C20H20ClF2N3O3. The largest absolute Gasteiger partial charge is 0.497 e. The van der Waals surface area contributed by atoms with Gasteiger partial charge in [-0.05, 0) is 30.7 Å². The summed E-state index contributed by atoms with van der Waals surface area (Å²) in [5.74, 6) is -2.02. The van der Waals surface area contributed by atoms with Gasteiger partial charge in [-0.25, -0.2) is 13.6 Å². The first kappa shape index (κ1) is 20.9. The van der Waals surface area contributed by atoms with E-state index in [0.29, 0.717) is 10.7 Å². The second-order valence-electron chi connectivity index (χ2n) is 6.75. The van der Waals surface area contributed by atoms with Crippen molar-refractivity contribution >= 4 is 29.2 Å². The Morgan fingerprint density at radius 2 is 1.90 bits per heavy atom. The highest BCUT2D eigenvalue weighted by atomic mass is 35.5. The number of anilines is 1. The van der Waals surface area contributed by atoms with Crippen molar-refractivity contribution in [1.82, 2.24) is 10.6 Å². The topological polar surface area (TPSA) is 79.5 Å². The predicted octanol–water partition coefficient (Wildman–Crippen LogP) is 3.50. The number of halogens is 3. The molecule has 1 saturated heterocycles. The van der Waals surface area contributed by atoms with Crippen molar-refractivity contribution in [2.75, 3.05) is 19.0 Å². The van der Waals surface area contributed by atoms with Gasteiger partial charge in [-0.2, -0.15) is 0 Å². The fourth-order valence-corrected chi connectivity index (χ4v) is 3.36. The number of benzene rings is 2. The molecule has 6 nitrogen and oxygen atoms in total. The van der Waals surface area contributed by atoms with Crippen LogP contribution in [0.2, 0.25) is 5.02 Å². The van der Waals surface area contributed by atoms with Gasteiger partial charge in [0, 0.05) is 53.3 Å². The predicted molar refractivity (Wildman–Crippen MR) is 105 cm³/mol. The second-order valence-corrected chi connectivity index (χ2v) is 7.19. The Bertz CT molecular complexity index is 885. The zero-order chi connectivity index (χ0) is 21.0. The van der Waals surface area contributed by atoms with Gasteiger partial charge in [-0.15, -0.1) is 0 Å². The lowest BCUT2D eigenvalue weighted by atomic mass is 9.87. The molecule has 0 spiro atoms. The average Bonchev–Trinajstić information content (AvgIpc) is 2.67. The van der Waals surface area contributed by atoms with Crippen molar-refractivity contribution in [3.05, 3.63) is 58.6 Å². The van der Waals surface area contributed by atoms with Gasteiger partial charge < -0.3 is 20.7 Å². The molecule has 0 aliphatic carbocycles. The third kappa shape index (κ3) is 5.35. The lowest BCUT2D eigenvalue weighted by Crippen LogP contribution is -2.53. The minimum absolute atomic E-state index is 0.00777. The van der Waals surface area contributed by atoms with E-state index >= 15 is 0 Å². The first-order valence-corrected chi connectivity index (χ1v) is 9.35. The number of urea groups is 1. The Labute approximate surface area is 171 Å². The summed E-state index contributed by atoms with van der Waals surface area (Å²) in [5, 5.41) is 8.59. The number of piperidine rings is 1. The Kier molecular flexibility index (Phi) is 6.53. The van der Waals surface area contributed by atoms with Crippen molar-refractivity contribution in [2.45, 2.75) is 18.9 Å². The molecule has 29 heavy (non-hydrogen) atoms. The van der Waals surface area contributed by atoms with E-state index in [1.807, 2.05) is 0 Å². The number of hydrogen-bond donors (Lipinski definition) is 3. The smallest absolute Gasteiger partial charge is 0.319 e. The van der Waals surface area contributed by atoms with Crippen LogP contribution < -0.4 is 20.7 Å². The third-order valence-electron chi connectivity index (χ3n) is 4.77. The van der Waals surface area contributed by atoms with Gasteiger partial charge in [0.15, 0.2) is 0 Å². The lowest BCUT2D eigenvalue weighted by Gasteiger charge is -2.32. The maximum Gasteiger partial charge on any atom is 0.319 e. The molecule has 3 amide bonds. The number of ether oxygens (including phenoxy) is 1. The highest BCUT2D eigenvalue weighted by molar-refractivity contribution is 6.30. The van der Waals surface area contributed by atoms with Crippen LogP contribution in [0.1, 0.15) is 12.0 Å². The zero-order valence-electron chi connectivity index (χ0n) is 15.6. The summed E-state index contributed by atoms with van der Waals surface area (Å²) in [5.41, 5.74) is 0.410. The quantitative estimate of drug-likeness (QED) is 0.688. The summed E-state index contributed by atoms with van der Waals surface area (Å²) in [6.45, 7) is 0.190. The summed E-state index contributed by atoms with van der Waals surface area (Å²) < 4.78 is 33.5. The van der Waals surface area contributed by atoms with Gasteiger partial charge in [0.1, 0.15) is 17.4 Å². The fourth-order valence-electron chi connectivity index (χ4n) is 3.23. The van der Waals surface area contributed by atoms with E-state index in [1.54, 1.807) is 24.3 Å². The standard InChI is InChI=1S/C20H20ClF2N3O3/c1-29-14-7-16(22)15(17(23)8-14)6-11-10-24-19(27)9-18(11)26-20(28)25-13-4-2-12(21)3-5-13/h2-5,7-8,11,18H,6,9-10H2,1H3,(H,24,27)(H2,25,26,28). The number of hydrogen-bond acceptors (Lipinski definition) is 3. The van der Waals surface area contributed by atoms with E-state index in [4.69, 9.17) is 16.3 Å². The van der Waals surface area contributed by atoms with Crippen LogP contribution in [0.5, 0.6) is 5.75 Å². The number of nitrogens with one attached hydrogen (secondary N) is 3. The lowest BCUT2D eigenvalue weighted by molar-refractivity contribution is -0.123. The molecular weight excluding hydrogens is 404 g/mol. The molecule has 154 valence electrons. The number of amides is 3. The van der Waals surface area contributed by atoms with Crippen LogP contribution in [-0.4, -0.2) is 31.6 Å². The number of carbonyl (C=O) groups excluding carboxylic acids is 2. The fraction of sp³-hybridized carbons (Fsp3) is 0.300. The maximum atomic E-state index is 14.3. The van der Waals surface area contributed by atoms with Crippen molar-refractivity contribution < 1.29 is 23.1 Å². The first-order valence-electron chi connectivity index (χ1n) is 8.97. The van der Waals surface area contributed by atoms with Gasteiger partial charge in [0.05, 0.1) is 7.11 Å². The number of carbonyl (C=O) groups is 2. The minimum atomic E-state index is -0.733. The van der Waals surface area contributed by atoms with E-state index < -0.39 is 23.7 Å². The van der Waals surface area contributed by atoms with Crippen molar-refractivity contribution in [1.29, 1.82) is 0 Å². The first-order chi connectivity index (χ1) is 13.9. The van der Waals surface area contributed by atoms with Gasteiger partial charge >= 0.3 is 6.03 Å². The molecule has 2 aromatic rings. The highest BCUT2D eigenvalue weighted by Crippen LogP contribution is 2.26. The molecule has 2 aromatic carbocycles. The van der Waals surface area contributed by atoms with Crippen molar-refractivity contribution in [3.63, 3.8) is 0 Å². The second kappa shape index (κ2) is 9.09. The van der Waals surface area contributed by atoms with Crippen LogP contribution in [-0.2, 0) is 11.2 Å². The third-order valence-corrected chi connectivity index (χ3v) is 5.02. The Morgan fingerprint density at radius 3 is 2.52 bits per heavy atom. The normalized spacial score (nSPS) is 18.7. The molecule has 3 rings (SSSR count). The van der Waals surface area contributed by atoms with Crippen molar-refractivity contribution in [3.8, 4) is 5.75 Å². The molecule has 0 radical (unpaired) electrons. The van der Waals surface area contributed by atoms with E-state index in [0.717, 1.165) is 12.1 Å². The Balaban J connectivity index is 1.71. The average molecular weight is 424 g/mol. The van der Waals surface area contributed by atoms with Gasteiger partial charge in [-0.3, -0.25) is 4.79 Å². The number of rotatable bonds is 5. The van der Waals surface area contributed by atoms with E-state index in [-0.39, 0.29) is 42.5 Å². The SMILES string of the molecule is COc1cc(F)c(CC2CNC(=O)CC2NC(=O)Nc2ccc(Cl)cc2)c(F)c1.